The second-order valence-corrected chi connectivity index (χ2v) is 11.4. The van der Waals surface area contributed by atoms with Crippen LogP contribution in [0.4, 0.5) is 30.5 Å². The van der Waals surface area contributed by atoms with E-state index in [1.807, 2.05) is 7.05 Å². The zero-order valence-electron chi connectivity index (χ0n) is 22.3. The number of aromatic nitrogens is 2. The molecule has 1 aromatic carbocycles. The molecule has 1 saturated carbocycles. The van der Waals surface area contributed by atoms with Crippen molar-refractivity contribution >= 4 is 34.6 Å². The van der Waals surface area contributed by atoms with Crippen molar-refractivity contribution in [1.29, 1.82) is 0 Å². The van der Waals surface area contributed by atoms with Crippen LogP contribution < -0.4 is 15.0 Å². The standard InChI is InChI=1S/C28H30F3N5O3S/c1-3-38-26(37)25-19-8-6-17-15-32-27(34-23(17)22(19)24(40-25)16-4-5-16)33-20-14-18(36-12-10-35(2)11-13-36)7-9-21(20)39-28(29,30)31/h7,9,14-16H,3-6,8,10-13H2,1-2H3,(H,32,33,34). The molecule has 12 heteroatoms. The lowest BCUT2D eigenvalue weighted by atomic mass is 9.89. The number of anilines is 3. The Kier molecular flexibility index (Phi) is 7.07. The molecule has 2 aromatic heterocycles. The number of thiophene rings is 1. The summed E-state index contributed by atoms with van der Waals surface area (Å²) in [6.45, 7) is 5.33. The summed E-state index contributed by atoms with van der Waals surface area (Å²) >= 11 is 1.48. The molecular weight excluding hydrogens is 543 g/mol. The van der Waals surface area contributed by atoms with Gasteiger partial charge in [-0.15, -0.1) is 24.5 Å². The number of ether oxygens (including phenoxy) is 2. The fraction of sp³-hybridized carbons (Fsp3) is 0.464. The molecule has 1 saturated heterocycles. The van der Waals surface area contributed by atoms with Gasteiger partial charge in [-0.25, -0.2) is 14.8 Å². The normalized spacial score (nSPS) is 17.3. The first kappa shape index (κ1) is 26.8. The van der Waals surface area contributed by atoms with Gasteiger partial charge in [0, 0.05) is 48.5 Å². The SMILES string of the molecule is CCOC(=O)c1sc(C2CC2)c2c1CCc1cnc(Nc3cc(N4CCN(C)CC4)ccc3OC(F)(F)F)nc1-2. The van der Waals surface area contributed by atoms with Crippen molar-refractivity contribution in [3.8, 4) is 17.0 Å². The number of nitrogens with zero attached hydrogens (tertiary/aromatic N) is 4. The van der Waals surface area contributed by atoms with E-state index < -0.39 is 6.36 Å². The van der Waals surface area contributed by atoms with Gasteiger partial charge in [0.05, 0.1) is 18.0 Å². The molecule has 1 N–H and O–H groups in total. The number of benzene rings is 1. The Labute approximate surface area is 234 Å². The van der Waals surface area contributed by atoms with Crippen molar-refractivity contribution in [2.45, 2.75) is 44.9 Å². The van der Waals surface area contributed by atoms with E-state index in [-0.39, 0.29) is 23.4 Å². The number of likely N-dealkylation sites (N-methyl/N-ethyl adjacent to an activating group) is 1. The van der Waals surface area contributed by atoms with Gasteiger partial charge in [-0.1, -0.05) is 0 Å². The number of aryl methyl sites for hydroxylation is 1. The highest BCUT2D eigenvalue weighted by atomic mass is 32.1. The topological polar surface area (TPSA) is 79.8 Å². The quantitative estimate of drug-likeness (QED) is 0.358. The highest BCUT2D eigenvalue weighted by Gasteiger charge is 2.37. The van der Waals surface area contributed by atoms with E-state index in [9.17, 15) is 18.0 Å². The van der Waals surface area contributed by atoms with E-state index in [1.165, 1.54) is 17.4 Å². The Morgan fingerprint density at radius 1 is 1.18 bits per heavy atom. The molecule has 0 unspecified atom stereocenters. The van der Waals surface area contributed by atoms with E-state index in [0.717, 1.165) is 72.0 Å². The van der Waals surface area contributed by atoms with Crippen molar-refractivity contribution in [1.82, 2.24) is 14.9 Å². The Morgan fingerprint density at radius 2 is 1.95 bits per heavy atom. The van der Waals surface area contributed by atoms with Crippen LogP contribution in [0, 0.1) is 0 Å². The van der Waals surface area contributed by atoms with Gasteiger partial charge in [-0.2, -0.15) is 0 Å². The molecule has 40 heavy (non-hydrogen) atoms. The molecular formula is C28H30F3N5O3S. The maximum absolute atomic E-state index is 13.3. The molecule has 3 heterocycles. The summed E-state index contributed by atoms with van der Waals surface area (Å²) in [6.07, 6.45) is 0.330. The number of alkyl halides is 3. The molecule has 2 fully saturated rings. The smallest absolute Gasteiger partial charge is 0.462 e. The van der Waals surface area contributed by atoms with Gasteiger partial charge in [0.25, 0.3) is 0 Å². The Balaban J connectivity index is 1.37. The van der Waals surface area contributed by atoms with Gasteiger partial charge in [0.15, 0.2) is 5.75 Å². The number of rotatable bonds is 7. The van der Waals surface area contributed by atoms with Crippen LogP contribution in [0.15, 0.2) is 24.4 Å². The van der Waals surface area contributed by atoms with Gasteiger partial charge in [-0.3, -0.25) is 0 Å². The van der Waals surface area contributed by atoms with E-state index in [1.54, 1.807) is 25.3 Å². The summed E-state index contributed by atoms with van der Waals surface area (Å²) in [5.74, 6) is -0.126. The highest BCUT2D eigenvalue weighted by molar-refractivity contribution is 7.14. The molecule has 1 aliphatic heterocycles. The predicted molar refractivity (Wildman–Crippen MR) is 147 cm³/mol. The van der Waals surface area contributed by atoms with Crippen molar-refractivity contribution in [3.05, 3.63) is 45.3 Å². The van der Waals surface area contributed by atoms with Crippen LogP contribution in [0.2, 0.25) is 0 Å². The number of hydrogen-bond donors (Lipinski definition) is 1. The number of halogens is 3. The zero-order valence-corrected chi connectivity index (χ0v) is 23.1. The monoisotopic (exact) mass is 573 g/mol. The lowest BCUT2D eigenvalue weighted by Gasteiger charge is -2.34. The lowest BCUT2D eigenvalue weighted by Crippen LogP contribution is -2.44. The molecule has 6 rings (SSSR count). The summed E-state index contributed by atoms with van der Waals surface area (Å²) in [5, 5.41) is 3.01. The lowest BCUT2D eigenvalue weighted by molar-refractivity contribution is -0.274. The van der Waals surface area contributed by atoms with Crippen LogP contribution in [0.5, 0.6) is 5.75 Å². The number of nitrogens with one attached hydrogen (secondary N) is 1. The molecule has 3 aromatic rings. The maximum atomic E-state index is 13.3. The second-order valence-electron chi connectivity index (χ2n) is 10.4. The minimum absolute atomic E-state index is 0.129. The minimum atomic E-state index is -4.85. The van der Waals surface area contributed by atoms with E-state index in [2.05, 4.69) is 24.8 Å². The first-order valence-corrected chi connectivity index (χ1v) is 14.3. The van der Waals surface area contributed by atoms with Crippen molar-refractivity contribution < 1.29 is 27.4 Å². The maximum Gasteiger partial charge on any atom is 0.573 e. The molecule has 2 aliphatic carbocycles. The van der Waals surface area contributed by atoms with E-state index >= 15 is 0 Å². The molecule has 0 spiro atoms. The number of hydrogen-bond acceptors (Lipinski definition) is 9. The molecule has 0 radical (unpaired) electrons. The van der Waals surface area contributed by atoms with Crippen LogP contribution in [0.25, 0.3) is 11.3 Å². The Morgan fingerprint density at radius 3 is 2.65 bits per heavy atom. The molecule has 0 atom stereocenters. The number of carbonyl (C=O) groups is 1. The van der Waals surface area contributed by atoms with Gasteiger partial charge in [0.2, 0.25) is 5.95 Å². The minimum Gasteiger partial charge on any atom is -0.462 e. The van der Waals surface area contributed by atoms with Crippen LogP contribution in [-0.4, -0.2) is 67.0 Å². The molecule has 3 aliphatic rings. The first-order valence-electron chi connectivity index (χ1n) is 13.5. The van der Waals surface area contributed by atoms with Crippen LogP contribution in [0.1, 0.15) is 51.4 Å². The fourth-order valence-corrected chi connectivity index (χ4v) is 6.73. The van der Waals surface area contributed by atoms with Crippen molar-refractivity contribution in [2.75, 3.05) is 50.1 Å². The summed E-state index contributed by atoms with van der Waals surface area (Å²) in [5.41, 5.74) is 4.50. The fourth-order valence-electron chi connectivity index (χ4n) is 5.31. The van der Waals surface area contributed by atoms with E-state index in [4.69, 9.17) is 9.72 Å². The Hall–Kier alpha value is -3.38. The number of carbonyl (C=O) groups excluding carboxylic acids is 1. The third kappa shape index (κ3) is 5.46. The van der Waals surface area contributed by atoms with Crippen molar-refractivity contribution in [2.24, 2.45) is 0 Å². The van der Waals surface area contributed by atoms with Gasteiger partial charge in [-0.05, 0) is 74.9 Å². The number of piperazine rings is 1. The number of esters is 1. The van der Waals surface area contributed by atoms with Crippen molar-refractivity contribution in [3.63, 3.8) is 0 Å². The third-order valence-corrected chi connectivity index (χ3v) is 8.87. The van der Waals surface area contributed by atoms with E-state index in [0.29, 0.717) is 30.2 Å². The largest absolute Gasteiger partial charge is 0.573 e. The summed E-state index contributed by atoms with van der Waals surface area (Å²) < 4.78 is 49.5. The molecule has 8 nitrogen and oxygen atoms in total. The zero-order chi connectivity index (χ0) is 28.0. The van der Waals surface area contributed by atoms with Gasteiger partial charge < -0.3 is 24.6 Å². The molecule has 212 valence electrons. The second kappa shape index (κ2) is 10.5. The Bertz CT molecular complexity index is 1430. The average Bonchev–Trinajstić information content (AvgIpc) is 3.69. The third-order valence-electron chi connectivity index (χ3n) is 7.49. The van der Waals surface area contributed by atoms with Crippen LogP contribution in [0.3, 0.4) is 0 Å². The first-order chi connectivity index (χ1) is 19.2. The highest BCUT2D eigenvalue weighted by Crippen LogP contribution is 2.52. The molecule has 0 amide bonds. The van der Waals surface area contributed by atoms with Crippen LogP contribution in [-0.2, 0) is 17.6 Å². The summed E-state index contributed by atoms with van der Waals surface area (Å²) in [6, 6.07) is 4.62. The number of fused-ring (bicyclic) bond motifs is 3. The summed E-state index contributed by atoms with van der Waals surface area (Å²) in [4.78, 5) is 28.1. The van der Waals surface area contributed by atoms with Gasteiger partial charge in [0.1, 0.15) is 4.88 Å². The average molecular weight is 574 g/mol. The predicted octanol–water partition coefficient (Wildman–Crippen LogP) is 5.75. The van der Waals surface area contributed by atoms with Crippen LogP contribution >= 0.6 is 11.3 Å². The van der Waals surface area contributed by atoms with Gasteiger partial charge >= 0.3 is 12.3 Å². The molecule has 0 bridgehead atoms. The summed E-state index contributed by atoms with van der Waals surface area (Å²) in [7, 11) is 2.04.